The van der Waals surface area contributed by atoms with Crippen LogP contribution in [0.3, 0.4) is 0 Å². The van der Waals surface area contributed by atoms with E-state index >= 15 is 0 Å². The van der Waals surface area contributed by atoms with Crippen LogP contribution in [0.15, 0.2) is 546 Å². The van der Waals surface area contributed by atoms with Crippen molar-refractivity contribution in [1.82, 2.24) is 0 Å². The van der Waals surface area contributed by atoms with Crippen molar-refractivity contribution in [2.24, 2.45) is 0 Å². The van der Waals surface area contributed by atoms with Crippen LogP contribution in [0.25, 0.3) is 131 Å². The van der Waals surface area contributed by atoms with Crippen molar-refractivity contribution in [1.29, 1.82) is 0 Å². The molecule has 0 heterocycles. The lowest BCUT2D eigenvalue weighted by molar-refractivity contribution is 0.714. The molecule has 0 amide bonds. The number of nitrogens with zero attached hydrogens (tertiary/aromatic N) is 3. The van der Waals surface area contributed by atoms with Crippen molar-refractivity contribution in [3.63, 3.8) is 0 Å². The third-order valence-corrected chi connectivity index (χ3v) is 30.4. The molecule has 3 aliphatic rings. The maximum Gasteiger partial charge on any atom is 0.0540 e. The van der Waals surface area contributed by atoms with Gasteiger partial charge in [0.25, 0.3) is 0 Å². The molecule has 0 spiro atoms. The van der Waals surface area contributed by atoms with Crippen LogP contribution in [0.2, 0.25) is 0 Å². The molecule has 0 aliphatic heterocycles. The standard InChI is InChI=1S/C50H35N.C44H31N.C44H33N/c1-50(36-16-6-3-7-17-36)48-23-13-12-22-45(48)47-33-39(29-31-49(47)50)51(37-26-24-35(25-27-37)34-14-4-2-5-15-34)38-28-30-44-42-20-9-8-18-40(42)41-19-10-11-21-43(41)46(44)32-38;1-44(30-14-4-2-5-15-30)42-23-13-12-22-39(42)41-29-33(25-27-43(41)44)45(31-16-6-3-7-17-31)32-24-26-38-36-20-9-8-18-34(36)35-19-10-11-21-37(35)40(38)28-32;1-44(35-19-9-4-10-20-35)41-23-13-11-22-39(41)40-31-37(29-30-42(40)44)45(36-27-25-33(26-28-36)32-15-5-2-6-16-32)43-24-14-12-21-38(43)34-17-7-3-8-18-34/h2-33H,1H3;2-29H,1H3;2-31H,1H3. The summed E-state index contributed by atoms with van der Waals surface area (Å²) >= 11 is 0. The monoisotopic (exact) mass is 1800 g/mol. The molecular formula is C138H99N3. The van der Waals surface area contributed by atoms with Crippen molar-refractivity contribution in [3.05, 3.63) is 596 Å². The lowest BCUT2D eigenvalue weighted by atomic mass is 9.74. The van der Waals surface area contributed by atoms with E-state index < -0.39 is 0 Å². The average molecular weight is 1800 g/mol. The summed E-state index contributed by atoms with van der Waals surface area (Å²) in [7, 11) is 0. The Bertz CT molecular complexity index is 8800. The van der Waals surface area contributed by atoms with E-state index in [1.165, 1.54) is 181 Å². The first-order chi connectivity index (χ1) is 69.6. The van der Waals surface area contributed by atoms with E-state index in [4.69, 9.17) is 0 Å². The van der Waals surface area contributed by atoms with Gasteiger partial charge in [0.15, 0.2) is 0 Å². The minimum Gasteiger partial charge on any atom is -0.310 e. The van der Waals surface area contributed by atoms with Crippen LogP contribution in [0, 0.1) is 0 Å². The third kappa shape index (κ3) is 14.5. The Morgan fingerprint density at radius 1 is 0.128 bits per heavy atom. The zero-order valence-corrected chi connectivity index (χ0v) is 78.8. The second-order valence-electron chi connectivity index (χ2n) is 38.0. The quantitative estimate of drug-likeness (QED) is 0.0947. The van der Waals surface area contributed by atoms with E-state index in [-0.39, 0.29) is 16.2 Å². The highest BCUT2D eigenvalue weighted by Crippen LogP contribution is 2.59. The molecule has 24 aromatic rings. The molecule has 666 valence electrons. The molecule has 0 fully saturated rings. The van der Waals surface area contributed by atoms with Gasteiger partial charge in [0.1, 0.15) is 0 Å². The molecule has 0 aromatic heterocycles. The van der Waals surface area contributed by atoms with Gasteiger partial charge in [-0.05, 0) is 300 Å². The summed E-state index contributed by atoms with van der Waals surface area (Å²) in [6.45, 7) is 7.13. The summed E-state index contributed by atoms with van der Waals surface area (Å²) in [4.78, 5) is 7.25. The molecule has 0 saturated heterocycles. The highest BCUT2D eigenvalue weighted by Gasteiger charge is 2.44. The van der Waals surface area contributed by atoms with Gasteiger partial charge in [-0.25, -0.2) is 0 Å². The zero-order valence-electron chi connectivity index (χ0n) is 78.8. The van der Waals surface area contributed by atoms with E-state index in [0.29, 0.717) is 0 Å². The minimum absolute atomic E-state index is 0.216. The fourth-order valence-corrected chi connectivity index (χ4v) is 23.5. The van der Waals surface area contributed by atoms with E-state index in [1.54, 1.807) is 0 Å². The Hall–Kier alpha value is -17.8. The number of fused-ring (bicyclic) bond motifs is 21. The molecule has 3 aliphatic carbocycles. The van der Waals surface area contributed by atoms with Gasteiger partial charge in [0, 0.05) is 67.3 Å². The number of benzene rings is 24. The molecule has 0 saturated carbocycles. The molecule has 0 radical (unpaired) electrons. The first-order valence-electron chi connectivity index (χ1n) is 49.1. The summed E-state index contributed by atoms with van der Waals surface area (Å²) in [5.41, 5.74) is 36.6. The molecule has 3 unspecified atom stereocenters. The van der Waals surface area contributed by atoms with Crippen molar-refractivity contribution in [3.8, 4) is 66.8 Å². The second-order valence-corrected chi connectivity index (χ2v) is 38.0. The van der Waals surface area contributed by atoms with Gasteiger partial charge >= 0.3 is 0 Å². The first-order valence-corrected chi connectivity index (χ1v) is 49.1. The minimum atomic E-state index is -0.239. The fourth-order valence-electron chi connectivity index (χ4n) is 23.5. The zero-order chi connectivity index (χ0) is 94.1. The maximum absolute atomic E-state index is 2.43. The second kappa shape index (κ2) is 35.4. The van der Waals surface area contributed by atoms with Crippen molar-refractivity contribution in [2.45, 2.75) is 37.0 Å². The SMILES string of the molecule is CC1(c2ccccc2)c2ccccc2-c2cc(N(c3ccc(-c4ccccc4)cc3)c3ccc4c5ccccc5c5ccccc5c4c3)ccc21.CC1(c2ccccc2)c2ccccc2-c2cc(N(c3ccc(-c4ccccc4)cc3)c3ccccc3-c3ccccc3)ccc21.CC1(c2ccccc2)c2ccccc2-c2cc(N(c3ccccc3)c3ccc4c5ccccc5c5ccccc5c4c3)ccc21. The van der Waals surface area contributed by atoms with Crippen LogP contribution in [-0.2, 0) is 16.2 Å². The summed E-state index contributed by atoms with van der Waals surface area (Å²) < 4.78 is 0. The highest BCUT2D eigenvalue weighted by molar-refractivity contribution is 6.27. The van der Waals surface area contributed by atoms with Gasteiger partial charge in [0.05, 0.1) is 5.69 Å². The van der Waals surface area contributed by atoms with Crippen LogP contribution >= 0.6 is 0 Å². The van der Waals surface area contributed by atoms with Crippen LogP contribution in [0.5, 0.6) is 0 Å². The normalized spacial score (nSPS) is 15.0. The van der Waals surface area contributed by atoms with Crippen molar-refractivity contribution >= 4 is 116 Å². The van der Waals surface area contributed by atoms with Crippen LogP contribution in [0.4, 0.5) is 51.2 Å². The van der Waals surface area contributed by atoms with Crippen LogP contribution in [0.1, 0.15) is 70.8 Å². The predicted molar refractivity (Wildman–Crippen MR) is 597 cm³/mol. The van der Waals surface area contributed by atoms with Crippen molar-refractivity contribution < 1.29 is 0 Å². The smallest absolute Gasteiger partial charge is 0.0540 e. The van der Waals surface area contributed by atoms with Crippen LogP contribution in [-0.4, -0.2) is 0 Å². The topological polar surface area (TPSA) is 9.72 Å². The Kier molecular flexibility index (Phi) is 21.3. The van der Waals surface area contributed by atoms with E-state index in [2.05, 4.69) is 581 Å². The van der Waals surface area contributed by atoms with Gasteiger partial charge in [0.2, 0.25) is 0 Å². The summed E-state index contributed by atoms with van der Waals surface area (Å²) in [5.74, 6) is 0. The molecule has 0 N–H and O–H groups in total. The predicted octanol–water partition coefficient (Wildman–Crippen LogP) is 37.4. The van der Waals surface area contributed by atoms with Crippen LogP contribution < -0.4 is 14.7 Å². The van der Waals surface area contributed by atoms with E-state index in [9.17, 15) is 0 Å². The average Bonchev–Trinajstić information content (AvgIpc) is 1.59. The summed E-state index contributed by atoms with van der Waals surface area (Å²) in [6.07, 6.45) is 0. The highest BCUT2D eigenvalue weighted by atomic mass is 15.2. The maximum atomic E-state index is 2.43. The lowest BCUT2D eigenvalue weighted by Crippen LogP contribution is -2.22. The Balaban J connectivity index is 0.000000112. The Morgan fingerprint density at radius 2 is 0.340 bits per heavy atom. The van der Waals surface area contributed by atoms with E-state index in [1.807, 2.05) is 0 Å². The molecule has 3 heteroatoms. The molecule has 3 atom stereocenters. The van der Waals surface area contributed by atoms with Gasteiger partial charge < -0.3 is 14.7 Å². The Morgan fingerprint density at radius 3 is 0.681 bits per heavy atom. The molecule has 141 heavy (non-hydrogen) atoms. The number of para-hydroxylation sites is 2. The Labute approximate surface area is 824 Å². The molecule has 24 aromatic carbocycles. The summed E-state index contributed by atoms with van der Waals surface area (Å²) in [5, 5.41) is 15.4. The fraction of sp³-hybridized carbons (Fsp3) is 0.0435. The largest absolute Gasteiger partial charge is 0.310 e. The summed E-state index contributed by atoms with van der Waals surface area (Å²) in [6, 6.07) is 199. The van der Waals surface area contributed by atoms with Crippen molar-refractivity contribution in [2.75, 3.05) is 14.7 Å². The number of hydrogen-bond acceptors (Lipinski definition) is 3. The molecular weight excluding hydrogens is 1700 g/mol. The molecule has 3 nitrogen and oxygen atoms in total. The number of hydrogen-bond donors (Lipinski definition) is 0. The molecule has 27 rings (SSSR count). The van der Waals surface area contributed by atoms with E-state index in [0.717, 1.165) is 51.2 Å². The lowest BCUT2D eigenvalue weighted by Gasteiger charge is -2.30. The number of rotatable bonds is 15. The third-order valence-electron chi connectivity index (χ3n) is 30.4. The number of anilines is 9. The van der Waals surface area contributed by atoms with Gasteiger partial charge in [-0.1, -0.05) is 443 Å². The van der Waals surface area contributed by atoms with Gasteiger partial charge in [-0.3, -0.25) is 0 Å². The van der Waals surface area contributed by atoms with Gasteiger partial charge in [-0.2, -0.15) is 0 Å². The van der Waals surface area contributed by atoms with Gasteiger partial charge in [-0.15, -0.1) is 0 Å². The first kappa shape index (κ1) is 84.9. The molecule has 0 bridgehead atoms.